The van der Waals surface area contributed by atoms with Crippen molar-refractivity contribution in [3.8, 4) is 6.07 Å². The lowest BCUT2D eigenvalue weighted by Crippen LogP contribution is -2.60. The van der Waals surface area contributed by atoms with E-state index in [9.17, 15) is 75.2 Å². The highest BCUT2D eigenvalue weighted by Crippen LogP contribution is 2.45. The van der Waals surface area contributed by atoms with Gasteiger partial charge in [-0.15, -0.1) is 12.4 Å². The number of aryl methyl sites for hydroxylation is 2. The number of Topliss-reactive ketones (excluding diaryl/α,β-unsaturated/α-hetero) is 1. The number of isocyanates is 1. The molecule has 30 nitrogen and oxygen atoms in total. The molecule has 3 spiro atoms. The summed E-state index contributed by atoms with van der Waals surface area (Å²) in [5.74, 6) is -0.819. The van der Waals surface area contributed by atoms with Crippen LogP contribution in [0.2, 0.25) is 0 Å². The molecular weight excluding hydrogens is 1900 g/mol. The number of nitrogens with zero attached hydrogens (tertiary/aromatic N) is 10. The fourth-order valence-corrected chi connectivity index (χ4v) is 18.2. The highest BCUT2D eigenvalue weighted by Gasteiger charge is 2.60. The van der Waals surface area contributed by atoms with Crippen molar-refractivity contribution in [2.45, 2.75) is 256 Å². The number of likely N-dealkylation sites (N-methyl/N-ethyl adjacent to an activating group) is 2. The number of carbonyl (C=O) groups is 11. The number of urea groups is 3. The molecule has 6 heterocycles. The number of benzene rings is 4. The van der Waals surface area contributed by atoms with Crippen molar-refractivity contribution in [1.82, 2.24) is 60.5 Å². The molecule has 36 heteroatoms. The third kappa shape index (κ3) is 31.6. The fourth-order valence-electron chi connectivity index (χ4n) is 18.0. The van der Waals surface area contributed by atoms with Gasteiger partial charge in [0.15, 0.2) is 0 Å². The lowest BCUT2D eigenvalue weighted by atomic mass is 9.80. The standard InChI is InChI=1S/C25H33FN4O4.C17H23N3.C13H16FNO3.C13H20N2O2.C12H18N2O2.C12H15NO.C4H9N.CClNO3S.CH3I.ClH/c1-15(2)20(27-21(31)18-13-16(3)5-8-19(18)26)22(32)29-11-9-25(10-12-29)23(33)28(4)24(34)30(25)14-17-6-7-17;18-14-17(19-12-15-6-7-15)8-10-20(11-9-17)13-16-4-2-1-3-5-16;1-7(2)11(13(17)18)15-12(16)9-6-8(3)4-5-10(9)14;1-14-11(16)13(7-3-2-4-8-13)15(12(14)17)9-10-5-6-10;15-10-12(6-2-1-3-7-12)14(11(16)13-10)8-9-4-5-9;14-12-6-8-13(9-7-12)10-11-4-2-1-3-5-11;5-3-4-1-2-4;2-7(5,6)3-1-4;1-2;/h5,8,13,15,17,20H,6-7,9-12,14H2,1-4H3,(H,27,31);1-5,15,19H,6-13H2;4-7,11H,1-3H3,(H,15,16)(H,17,18);10H,2-9H2,1H3;9H,1-8H2,(H,13,15,16);1-5H,6-10H2;4H,1-3,5H2;;1H3;1H/t20-;;11-;;;;;;;/m1.1......./s1. The van der Waals surface area contributed by atoms with Gasteiger partial charge in [0.05, 0.1) is 17.2 Å². The van der Waals surface area contributed by atoms with E-state index in [4.69, 9.17) is 15.6 Å². The van der Waals surface area contributed by atoms with Crippen LogP contribution >= 0.6 is 45.7 Å². The van der Waals surface area contributed by atoms with Crippen LogP contribution in [0.1, 0.15) is 238 Å². The lowest BCUT2D eigenvalue weighted by Gasteiger charge is -2.43. The van der Waals surface area contributed by atoms with Gasteiger partial charge in [0.25, 0.3) is 35.6 Å². The first-order chi connectivity index (χ1) is 63.4. The summed E-state index contributed by atoms with van der Waals surface area (Å²) in [4.78, 5) is 160. The number of nitrogens with two attached hydrogens (primary N) is 1. The number of halogens is 5. The first kappa shape index (κ1) is 110. The van der Waals surface area contributed by atoms with E-state index in [0.717, 1.165) is 184 Å². The van der Waals surface area contributed by atoms with Gasteiger partial charge in [-0.25, -0.2) is 32.8 Å². The van der Waals surface area contributed by atoms with E-state index in [-0.39, 0.29) is 82.6 Å². The Bertz CT molecular complexity index is 4860. The summed E-state index contributed by atoms with van der Waals surface area (Å²) in [6.07, 6.45) is 27.5. The van der Waals surface area contributed by atoms with E-state index in [1.807, 2.05) is 34.6 Å². The topological polar surface area (TPSA) is 395 Å². The average molecular weight is 2030 g/mol. The zero-order valence-electron chi connectivity index (χ0n) is 79.1. The fraction of sp³-hybridized carbons (Fsp3) is 0.622. The average Bonchev–Trinajstić information content (AvgIpc) is 1.64. The second-order valence-electron chi connectivity index (χ2n) is 38.3. The van der Waals surface area contributed by atoms with E-state index in [0.29, 0.717) is 56.0 Å². The van der Waals surface area contributed by atoms with Gasteiger partial charge in [-0.2, -0.15) is 13.7 Å². The number of rotatable bonds is 23. The summed E-state index contributed by atoms with van der Waals surface area (Å²) in [6, 6.07) is 29.6. The van der Waals surface area contributed by atoms with Crippen molar-refractivity contribution in [3.05, 3.63) is 142 Å². The first-order valence-corrected chi connectivity index (χ1v) is 51.6. The minimum absolute atomic E-state index is 0. The molecule has 4 aromatic rings. The van der Waals surface area contributed by atoms with Crippen LogP contribution in [0.15, 0.2) is 101 Å². The Morgan fingerprint density at radius 3 is 1.33 bits per heavy atom. The van der Waals surface area contributed by atoms with Crippen molar-refractivity contribution in [3.63, 3.8) is 0 Å². The highest BCUT2D eigenvalue weighted by atomic mass is 127. The molecule has 0 bridgehead atoms. The molecule has 13 aliphatic rings. The maximum Gasteiger partial charge on any atom is 0.350 e. The third-order valence-corrected chi connectivity index (χ3v) is 27.7. The molecular formula is C98H138Cl2F2IN15O15S. The number of ketones is 1. The molecule has 7 N–H and O–H groups in total. The van der Waals surface area contributed by atoms with Crippen LogP contribution in [-0.2, 0) is 55.9 Å². The SMILES string of the molecule is CI.CN1C(=O)N(CC2CC2)C2(CCCCC2)C1=O.Cc1ccc(F)c(C(=O)N[C@@H](C(=O)N2CCC3(CC2)C(=O)N(C)C(=O)N3CC2CC2)C(C)C)c1.Cc1ccc(F)c(C(=O)N[C@@H](C(=O)O)C(C)C)c1.Cl.N#CC1(NCC2CC2)CCN(Cc2ccccc2)CC1.NCC1CC1.O=C1CCN(Cc2ccccc2)CC1.O=C1NC(=O)C2(CCCCC2)N1CC1CC1.O=C=NS(=O)(=O)Cl. The van der Waals surface area contributed by atoms with Gasteiger partial charge in [-0.1, -0.05) is 177 Å². The molecule has 17 rings (SSSR count). The lowest BCUT2D eigenvalue weighted by molar-refractivity contribution is -0.142. The van der Waals surface area contributed by atoms with Gasteiger partial charge < -0.3 is 41.1 Å². The molecule has 7 saturated carbocycles. The van der Waals surface area contributed by atoms with Crippen molar-refractivity contribution in [2.24, 2.45) is 51.6 Å². The molecule has 12 amide bonds. The second-order valence-corrected chi connectivity index (χ2v) is 40.5. The van der Waals surface area contributed by atoms with Crippen LogP contribution in [0, 0.1) is 78.2 Å². The van der Waals surface area contributed by atoms with Gasteiger partial charge in [-0.3, -0.25) is 63.8 Å². The molecule has 4 aromatic carbocycles. The maximum atomic E-state index is 14.2. The Kier molecular flexibility index (Phi) is 42.4. The summed E-state index contributed by atoms with van der Waals surface area (Å²) >= 11 is 2.15. The molecule has 134 heavy (non-hydrogen) atoms. The number of piperidine rings is 3. The number of carboxylic acids is 1. The van der Waals surface area contributed by atoms with Gasteiger partial charge >= 0.3 is 33.3 Å². The Balaban J connectivity index is 0.000000196. The number of imide groups is 3. The molecule has 6 saturated heterocycles. The minimum Gasteiger partial charge on any atom is -0.480 e. The molecule has 2 atom stereocenters. The number of aliphatic carboxylic acids is 1. The zero-order chi connectivity index (χ0) is 97.1. The van der Waals surface area contributed by atoms with E-state index in [2.05, 4.69) is 129 Å². The summed E-state index contributed by atoms with van der Waals surface area (Å²) in [6.45, 7) is 21.1. The van der Waals surface area contributed by atoms with E-state index < -0.39 is 67.4 Å². The number of nitrogens with one attached hydrogen (secondary N) is 4. The van der Waals surface area contributed by atoms with Gasteiger partial charge in [0.1, 0.15) is 51.7 Å². The van der Waals surface area contributed by atoms with Gasteiger partial charge in [0.2, 0.25) is 5.91 Å². The van der Waals surface area contributed by atoms with Crippen LogP contribution < -0.4 is 27.0 Å². The van der Waals surface area contributed by atoms with E-state index in [1.54, 1.807) is 56.7 Å². The molecule has 13 fully saturated rings. The number of carboxylic acid groups (broad SMARTS) is 1. The van der Waals surface area contributed by atoms with Crippen molar-refractivity contribution in [2.75, 3.05) is 91.0 Å². The maximum absolute atomic E-state index is 14.2. The number of hydrogen-bond donors (Lipinski definition) is 6. The van der Waals surface area contributed by atoms with Crippen LogP contribution in [0.5, 0.6) is 0 Å². The highest BCUT2D eigenvalue weighted by molar-refractivity contribution is 14.1. The Labute approximate surface area is 813 Å². The van der Waals surface area contributed by atoms with Crippen molar-refractivity contribution in [1.29, 1.82) is 5.26 Å². The molecule has 736 valence electrons. The minimum atomic E-state index is -4.00. The first-order valence-electron chi connectivity index (χ1n) is 47.2. The Morgan fingerprint density at radius 2 is 0.963 bits per heavy atom. The number of hydrogen-bond acceptors (Lipinski definition) is 19. The monoisotopic (exact) mass is 2030 g/mol. The quantitative estimate of drug-likeness (QED) is 0.0100. The van der Waals surface area contributed by atoms with Crippen LogP contribution in [0.25, 0.3) is 0 Å². The Hall–Kier alpha value is -8.92. The third-order valence-electron chi connectivity index (χ3n) is 27.2. The van der Waals surface area contributed by atoms with Crippen molar-refractivity contribution >= 4 is 126 Å². The van der Waals surface area contributed by atoms with E-state index in [1.165, 1.54) is 116 Å². The van der Waals surface area contributed by atoms with E-state index >= 15 is 0 Å². The van der Waals surface area contributed by atoms with Crippen LogP contribution in [-0.4, -0.2) is 249 Å². The van der Waals surface area contributed by atoms with Crippen molar-refractivity contribution < 1.29 is 79.8 Å². The van der Waals surface area contributed by atoms with Crippen LogP contribution in [0.4, 0.5) is 23.2 Å². The summed E-state index contributed by atoms with van der Waals surface area (Å²) < 4.78 is 49.0. The predicted octanol–water partition coefficient (Wildman–Crippen LogP) is 14.2. The number of alkyl halides is 1. The summed E-state index contributed by atoms with van der Waals surface area (Å²) in [7, 11) is 3.53. The predicted molar refractivity (Wildman–Crippen MR) is 518 cm³/mol. The molecule has 6 aliphatic heterocycles. The normalized spacial score (nSPS) is 20.7. The summed E-state index contributed by atoms with van der Waals surface area (Å²) in [5, 5.41) is 29.6. The molecule has 0 unspecified atom stereocenters. The molecule has 0 radical (unpaired) electrons. The number of amides is 12. The summed E-state index contributed by atoms with van der Waals surface area (Å²) in [5.41, 5.74) is 7.08. The number of nitriles is 1. The Morgan fingerprint density at radius 1 is 0.567 bits per heavy atom. The molecule has 7 aliphatic carbocycles. The largest absolute Gasteiger partial charge is 0.480 e. The zero-order valence-corrected chi connectivity index (χ0v) is 83.6. The van der Waals surface area contributed by atoms with Gasteiger partial charge in [-0.05, 0) is 224 Å². The van der Waals surface area contributed by atoms with Gasteiger partial charge in [0, 0.05) is 110 Å². The number of likely N-dealkylation sites (tertiary alicyclic amines) is 3. The number of carbonyl (C=O) groups excluding carboxylic acids is 11. The smallest absolute Gasteiger partial charge is 0.350 e. The molecule has 0 aromatic heterocycles. The second kappa shape index (κ2) is 51.5. The van der Waals surface area contributed by atoms with Crippen LogP contribution in [0.3, 0.4) is 0 Å².